The molecule has 0 saturated heterocycles. The van der Waals surface area contributed by atoms with E-state index in [9.17, 15) is 4.79 Å². The average Bonchev–Trinajstić information content (AvgIpc) is 2.36. The zero-order valence-corrected chi connectivity index (χ0v) is 10.4. The van der Waals surface area contributed by atoms with Gasteiger partial charge < -0.3 is 15.8 Å². The molecule has 3 N–H and O–H groups in total. The van der Waals surface area contributed by atoms with Gasteiger partial charge in [-0.3, -0.25) is 4.79 Å². The Morgan fingerprint density at radius 3 is 2.82 bits per heavy atom. The minimum absolute atomic E-state index is 0.0221. The Hall–Kier alpha value is -1.55. The molecule has 4 nitrogen and oxygen atoms in total. The Bertz CT molecular complexity index is 366. The zero-order valence-electron chi connectivity index (χ0n) is 10.4. The van der Waals surface area contributed by atoms with Gasteiger partial charge in [0, 0.05) is 12.0 Å². The second kappa shape index (κ2) is 6.91. The SMILES string of the molecule is COc1ccccc1[C@@H](C)NC(=O)CCCN. The van der Waals surface area contributed by atoms with Gasteiger partial charge in [0.25, 0.3) is 0 Å². The highest BCUT2D eigenvalue weighted by atomic mass is 16.5. The van der Waals surface area contributed by atoms with E-state index in [1.54, 1.807) is 7.11 Å². The molecule has 0 fully saturated rings. The van der Waals surface area contributed by atoms with Crippen LogP contribution in [0.25, 0.3) is 0 Å². The Kier molecular flexibility index (Phi) is 5.49. The Morgan fingerprint density at radius 1 is 1.47 bits per heavy atom. The summed E-state index contributed by atoms with van der Waals surface area (Å²) in [6.45, 7) is 2.48. The fraction of sp³-hybridized carbons (Fsp3) is 0.462. The lowest BCUT2D eigenvalue weighted by molar-refractivity contribution is -0.121. The minimum atomic E-state index is -0.0589. The van der Waals surface area contributed by atoms with Crippen molar-refractivity contribution in [1.29, 1.82) is 0 Å². The second-order valence-electron chi connectivity index (χ2n) is 3.92. The molecule has 0 aliphatic carbocycles. The van der Waals surface area contributed by atoms with E-state index in [1.807, 2.05) is 31.2 Å². The summed E-state index contributed by atoms with van der Waals surface area (Å²) in [4.78, 5) is 11.6. The van der Waals surface area contributed by atoms with Crippen LogP contribution in [0.15, 0.2) is 24.3 Å². The Balaban J connectivity index is 2.62. The van der Waals surface area contributed by atoms with Crippen LogP contribution in [0.3, 0.4) is 0 Å². The van der Waals surface area contributed by atoms with Crippen molar-refractivity contribution in [2.75, 3.05) is 13.7 Å². The number of hydrogen-bond acceptors (Lipinski definition) is 3. The number of benzene rings is 1. The lowest BCUT2D eigenvalue weighted by Gasteiger charge is -2.17. The van der Waals surface area contributed by atoms with Gasteiger partial charge in [-0.1, -0.05) is 18.2 Å². The van der Waals surface area contributed by atoms with E-state index in [-0.39, 0.29) is 11.9 Å². The number of hydrogen-bond donors (Lipinski definition) is 2. The van der Waals surface area contributed by atoms with Crippen LogP contribution >= 0.6 is 0 Å². The first-order chi connectivity index (χ1) is 8.19. The van der Waals surface area contributed by atoms with Crippen LogP contribution in [0.5, 0.6) is 5.75 Å². The van der Waals surface area contributed by atoms with Crippen LogP contribution in [-0.2, 0) is 4.79 Å². The largest absolute Gasteiger partial charge is 0.496 e. The topological polar surface area (TPSA) is 64.3 Å². The summed E-state index contributed by atoms with van der Waals surface area (Å²) in [7, 11) is 1.63. The van der Waals surface area contributed by atoms with Gasteiger partial charge in [0.05, 0.1) is 13.2 Å². The highest BCUT2D eigenvalue weighted by molar-refractivity contribution is 5.76. The lowest BCUT2D eigenvalue weighted by atomic mass is 10.1. The van der Waals surface area contributed by atoms with Crippen molar-refractivity contribution in [3.05, 3.63) is 29.8 Å². The summed E-state index contributed by atoms with van der Waals surface area (Å²) < 4.78 is 5.26. The van der Waals surface area contributed by atoms with Gasteiger partial charge in [-0.05, 0) is 26.0 Å². The van der Waals surface area contributed by atoms with Crippen molar-refractivity contribution in [2.45, 2.75) is 25.8 Å². The van der Waals surface area contributed by atoms with E-state index >= 15 is 0 Å². The molecule has 0 unspecified atom stereocenters. The van der Waals surface area contributed by atoms with Crippen molar-refractivity contribution in [1.82, 2.24) is 5.32 Å². The molecule has 0 heterocycles. The van der Waals surface area contributed by atoms with Gasteiger partial charge in [-0.2, -0.15) is 0 Å². The van der Waals surface area contributed by atoms with Crippen LogP contribution < -0.4 is 15.8 Å². The third kappa shape index (κ3) is 4.07. The standard InChI is InChI=1S/C13H20N2O2/c1-10(15-13(16)8-5-9-14)11-6-3-4-7-12(11)17-2/h3-4,6-7,10H,5,8-9,14H2,1-2H3,(H,15,16)/t10-/m1/s1. The summed E-state index contributed by atoms with van der Waals surface area (Å²) in [6.07, 6.45) is 1.18. The molecule has 17 heavy (non-hydrogen) atoms. The van der Waals surface area contributed by atoms with Crippen LogP contribution in [0.4, 0.5) is 0 Å². The van der Waals surface area contributed by atoms with Crippen LogP contribution in [-0.4, -0.2) is 19.6 Å². The van der Waals surface area contributed by atoms with Crippen molar-refractivity contribution >= 4 is 5.91 Å². The zero-order chi connectivity index (χ0) is 12.7. The molecule has 4 heteroatoms. The van der Waals surface area contributed by atoms with Crippen LogP contribution in [0.2, 0.25) is 0 Å². The number of carbonyl (C=O) groups excluding carboxylic acids is 1. The summed E-state index contributed by atoms with van der Waals surface area (Å²) >= 11 is 0. The van der Waals surface area contributed by atoms with Gasteiger partial charge in [-0.15, -0.1) is 0 Å². The van der Waals surface area contributed by atoms with Crippen LogP contribution in [0.1, 0.15) is 31.4 Å². The van der Waals surface area contributed by atoms with E-state index in [4.69, 9.17) is 10.5 Å². The number of carbonyl (C=O) groups is 1. The summed E-state index contributed by atoms with van der Waals surface area (Å²) in [5, 5.41) is 2.93. The molecule has 1 aromatic carbocycles. The monoisotopic (exact) mass is 236 g/mol. The number of para-hydroxylation sites is 1. The molecule has 1 atom stereocenters. The third-order valence-corrected chi connectivity index (χ3v) is 2.59. The average molecular weight is 236 g/mol. The Labute approximate surface area is 102 Å². The summed E-state index contributed by atoms with van der Waals surface area (Å²) in [5.41, 5.74) is 6.35. The van der Waals surface area contributed by atoms with E-state index in [2.05, 4.69) is 5.32 Å². The van der Waals surface area contributed by atoms with Gasteiger partial charge in [0.15, 0.2) is 0 Å². The lowest BCUT2D eigenvalue weighted by Crippen LogP contribution is -2.27. The fourth-order valence-electron chi connectivity index (χ4n) is 1.68. The van der Waals surface area contributed by atoms with Gasteiger partial charge >= 0.3 is 0 Å². The molecule has 1 aromatic rings. The number of rotatable bonds is 6. The number of nitrogens with one attached hydrogen (secondary N) is 1. The summed E-state index contributed by atoms with van der Waals surface area (Å²) in [6, 6.07) is 7.62. The quantitative estimate of drug-likeness (QED) is 0.788. The van der Waals surface area contributed by atoms with Crippen LogP contribution in [0, 0.1) is 0 Å². The van der Waals surface area contributed by atoms with E-state index in [0.717, 1.165) is 11.3 Å². The number of methoxy groups -OCH3 is 1. The van der Waals surface area contributed by atoms with Crippen molar-refractivity contribution in [3.63, 3.8) is 0 Å². The number of nitrogens with two attached hydrogens (primary N) is 1. The molecule has 0 spiro atoms. The molecule has 94 valence electrons. The maximum absolute atomic E-state index is 11.6. The molecule has 0 aliphatic rings. The molecule has 0 aromatic heterocycles. The predicted octanol–water partition coefficient (Wildman–Crippen LogP) is 1.61. The maximum atomic E-state index is 11.6. The smallest absolute Gasteiger partial charge is 0.220 e. The first-order valence-electron chi connectivity index (χ1n) is 5.81. The molecular weight excluding hydrogens is 216 g/mol. The predicted molar refractivity (Wildman–Crippen MR) is 67.8 cm³/mol. The van der Waals surface area contributed by atoms with E-state index < -0.39 is 0 Å². The minimum Gasteiger partial charge on any atom is -0.496 e. The van der Waals surface area contributed by atoms with Crippen molar-refractivity contribution < 1.29 is 9.53 Å². The van der Waals surface area contributed by atoms with Gasteiger partial charge in [0.2, 0.25) is 5.91 Å². The molecule has 1 rings (SSSR count). The molecule has 0 aliphatic heterocycles. The molecule has 1 amide bonds. The van der Waals surface area contributed by atoms with E-state index in [1.165, 1.54) is 0 Å². The fourth-order valence-corrected chi connectivity index (χ4v) is 1.68. The highest BCUT2D eigenvalue weighted by Gasteiger charge is 2.12. The highest BCUT2D eigenvalue weighted by Crippen LogP contribution is 2.24. The molecule has 0 saturated carbocycles. The van der Waals surface area contributed by atoms with E-state index in [0.29, 0.717) is 19.4 Å². The maximum Gasteiger partial charge on any atom is 0.220 e. The van der Waals surface area contributed by atoms with Crippen molar-refractivity contribution in [3.8, 4) is 5.75 Å². The normalized spacial score (nSPS) is 11.9. The molecule has 0 radical (unpaired) electrons. The molecule has 0 bridgehead atoms. The summed E-state index contributed by atoms with van der Waals surface area (Å²) in [5.74, 6) is 0.813. The van der Waals surface area contributed by atoms with Gasteiger partial charge in [-0.25, -0.2) is 0 Å². The third-order valence-electron chi connectivity index (χ3n) is 2.59. The first kappa shape index (κ1) is 13.5. The van der Waals surface area contributed by atoms with Crippen molar-refractivity contribution in [2.24, 2.45) is 5.73 Å². The van der Waals surface area contributed by atoms with Gasteiger partial charge in [0.1, 0.15) is 5.75 Å². The first-order valence-corrected chi connectivity index (χ1v) is 5.81. The second-order valence-corrected chi connectivity index (χ2v) is 3.92. The number of ether oxygens (including phenoxy) is 1. The number of amides is 1. The Morgan fingerprint density at radius 2 is 2.18 bits per heavy atom. The molecular formula is C13H20N2O2.